The fraction of sp³-hybridized carbons (Fsp3) is 0.200. The second-order valence-corrected chi connectivity index (χ2v) is 7.09. The number of sulfonamides is 1. The molecule has 0 aliphatic rings. The minimum Gasteiger partial charge on any atom is -0.495 e. The summed E-state index contributed by atoms with van der Waals surface area (Å²) in [6, 6.07) is 11.7. The van der Waals surface area contributed by atoms with Crippen LogP contribution >= 0.6 is 23.2 Å². The first-order valence-electron chi connectivity index (χ1n) is 6.46. The molecule has 0 fully saturated rings. The Morgan fingerprint density at radius 1 is 1.05 bits per heavy atom. The lowest BCUT2D eigenvalue weighted by atomic mass is 10.1. The quantitative estimate of drug-likeness (QED) is 0.876. The zero-order valence-electron chi connectivity index (χ0n) is 12.0. The molecule has 1 unspecified atom stereocenters. The lowest BCUT2D eigenvalue weighted by Crippen LogP contribution is -2.27. The molecule has 0 aliphatic carbocycles. The molecule has 1 N–H and O–H groups in total. The number of halogens is 2. The summed E-state index contributed by atoms with van der Waals surface area (Å²) >= 11 is 12.1. The van der Waals surface area contributed by atoms with E-state index in [-0.39, 0.29) is 14.9 Å². The Labute approximate surface area is 140 Å². The molecule has 22 heavy (non-hydrogen) atoms. The summed E-state index contributed by atoms with van der Waals surface area (Å²) < 4.78 is 32.6. The minimum absolute atomic E-state index is 0.0613. The maximum Gasteiger partial charge on any atom is 0.242 e. The molecule has 7 heteroatoms. The third-order valence-corrected chi connectivity index (χ3v) is 5.71. The Bertz CT molecular complexity index is 764. The highest BCUT2D eigenvalue weighted by molar-refractivity contribution is 7.89. The lowest BCUT2D eigenvalue weighted by molar-refractivity contribution is 0.414. The zero-order valence-corrected chi connectivity index (χ0v) is 14.3. The summed E-state index contributed by atoms with van der Waals surface area (Å²) in [4.78, 5) is -0.0808. The van der Waals surface area contributed by atoms with E-state index in [1.165, 1.54) is 19.2 Å². The van der Waals surface area contributed by atoms with Crippen molar-refractivity contribution in [2.45, 2.75) is 17.9 Å². The van der Waals surface area contributed by atoms with Crippen LogP contribution in [0.1, 0.15) is 18.5 Å². The molecular weight excluding hydrogens is 345 g/mol. The van der Waals surface area contributed by atoms with E-state index in [9.17, 15) is 8.42 Å². The number of benzene rings is 2. The highest BCUT2D eigenvalue weighted by Gasteiger charge is 2.24. The van der Waals surface area contributed by atoms with Crippen molar-refractivity contribution in [1.29, 1.82) is 0 Å². The molecule has 0 spiro atoms. The Balaban J connectivity index is 2.34. The largest absolute Gasteiger partial charge is 0.495 e. The maximum atomic E-state index is 12.5. The third-order valence-electron chi connectivity index (χ3n) is 3.15. The van der Waals surface area contributed by atoms with E-state index in [2.05, 4.69) is 4.72 Å². The van der Waals surface area contributed by atoms with Gasteiger partial charge in [-0.2, -0.15) is 0 Å². The van der Waals surface area contributed by atoms with Crippen molar-refractivity contribution in [1.82, 2.24) is 4.72 Å². The SMILES string of the molecule is COc1ccc(S(=O)(=O)NC(C)c2ccccc2)c(Cl)c1Cl. The van der Waals surface area contributed by atoms with Crippen molar-refractivity contribution in [3.8, 4) is 5.75 Å². The molecule has 0 amide bonds. The van der Waals surface area contributed by atoms with E-state index in [4.69, 9.17) is 27.9 Å². The molecule has 0 bridgehead atoms. The number of nitrogens with one attached hydrogen (secondary N) is 1. The molecule has 0 heterocycles. The van der Waals surface area contributed by atoms with Gasteiger partial charge in [0, 0.05) is 6.04 Å². The van der Waals surface area contributed by atoms with Crippen LogP contribution in [0.25, 0.3) is 0 Å². The summed E-state index contributed by atoms with van der Waals surface area (Å²) in [5, 5.41) is 0.00758. The average Bonchev–Trinajstić information content (AvgIpc) is 2.50. The summed E-state index contributed by atoms with van der Waals surface area (Å²) in [5.41, 5.74) is 0.849. The number of hydrogen-bond donors (Lipinski definition) is 1. The van der Waals surface area contributed by atoms with Crippen LogP contribution in [0.15, 0.2) is 47.4 Å². The zero-order chi connectivity index (χ0) is 16.3. The first kappa shape index (κ1) is 17.1. The van der Waals surface area contributed by atoms with E-state index in [0.717, 1.165) is 5.56 Å². The van der Waals surface area contributed by atoms with Gasteiger partial charge in [-0.25, -0.2) is 13.1 Å². The lowest BCUT2D eigenvalue weighted by Gasteiger charge is -2.16. The van der Waals surface area contributed by atoms with Crippen molar-refractivity contribution in [3.63, 3.8) is 0 Å². The Morgan fingerprint density at radius 2 is 1.68 bits per heavy atom. The van der Waals surface area contributed by atoms with Gasteiger partial charge in [-0.3, -0.25) is 0 Å². The van der Waals surface area contributed by atoms with Crippen LogP contribution in [0.4, 0.5) is 0 Å². The molecule has 0 saturated heterocycles. The molecule has 2 aromatic rings. The Morgan fingerprint density at radius 3 is 2.27 bits per heavy atom. The van der Waals surface area contributed by atoms with E-state index in [0.29, 0.717) is 5.75 Å². The normalized spacial score (nSPS) is 12.9. The van der Waals surface area contributed by atoms with E-state index in [1.54, 1.807) is 6.92 Å². The third kappa shape index (κ3) is 3.55. The van der Waals surface area contributed by atoms with Gasteiger partial charge < -0.3 is 4.74 Å². The van der Waals surface area contributed by atoms with Crippen molar-refractivity contribution < 1.29 is 13.2 Å². The standard InChI is InChI=1S/C15H15Cl2NO3S/c1-10(11-6-4-3-5-7-11)18-22(19,20)13-9-8-12(21-2)14(16)15(13)17/h3-10,18H,1-2H3. The number of ether oxygens (including phenoxy) is 1. The highest BCUT2D eigenvalue weighted by Crippen LogP contribution is 2.36. The van der Waals surface area contributed by atoms with Crippen LogP contribution in [0.3, 0.4) is 0 Å². The first-order chi connectivity index (χ1) is 10.4. The summed E-state index contributed by atoms with van der Waals surface area (Å²) in [6.45, 7) is 1.76. The van der Waals surface area contributed by atoms with E-state index < -0.39 is 16.1 Å². The number of rotatable bonds is 5. The van der Waals surface area contributed by atoms with Crippen LogP contribution in [0.5, 0.6) is 5.75 Å². The Hall–Kier alpha value is -1.27. The van der Waals surface area contributed by atoms with Gasteiger partial charge in [-0.1, -0.05) is 53.5 Å². The van der Waals surface area contributed by atoms with E-state index in [1.807, 2.05) is 30.3 Å². The van der Waals surface area contributed by atoms with Gasteiger partial charge in [-0.05, 0) is 24.6 Å². The first-order valence-corrected chi connectivity index (χ1v) is 8.70. The van der Waals surface area contributed by atoms with Gasteiger partial charge in [0.05, 0.1) is 12.1 Å². The molecule has 2 aromatic carbocycles. The predicted octanol–water partition coefficient (Wildman–Crippen LogP) is 4.04. The van der Waals surface area contributed by atoms with Crippen molar-refractivity contribution in [3.05, 3.63) is 58.1 Å². The minimum atomic E-state index is -3.81. The van der Waals surface area contributed by atoms with Gasteiger partial charge in [-0.15, -0.1) is 0 Å². The molecule has 2 rings (SSSR count). The smallest absolute Gasteiger partial charge is 0.242 e. The van der Waals surface area contributed by atoms with Gasteiger partial charge in [0.2, 0.25) is 10.0 Å². The second-order valence-electron chi connectivity index (χ2n) is 4.65. The van der Waals surface area contributed by atoms with Gasteiger partial charge in [0.15, 0.2) is 0 Å². The van der Waals surface area contributed by atoms with Crippen LogP contribution < -0.4 is 9.46 Å². The number of hydrogen-bond acceptors (Lipinski definition) is 3. The molecular formula is C15H15Cl2NO3S. The summed E-state index contributed by atoms with van der Waals surface area (Å²) in [5.74, 6) is 0.321. The Kier molecular flexibility index (Phi) is 5.34. The maximum absolute atomic E-state index is 12.5. The van der Waals surface area contributed by atoms with Crippen molar-refractivity contribution in [2.75, 3.05) is 7.11 Å². The summed E-state index contributed by atoms with van der Waals surface area (Å²) in [7, 11) is -2.38. The molecule has 118 valence electrons. The fourth-order valence-electron chi connectivity index (χ4n) is 1.99. The monoisotopic (exact) mass is 359 g/mol. The van der Waals surface area contributed by atoms with Gasteiger partial charge in [0.1, 0.15) is 15.7 Å². The highest BCUT2D eigenvalue weighted by atomic mass is 35.5. The topological polar surface area (TPSA) is 55.4 Å². The molecule has 4 nitrogen and oxygen atoms in total. The molecule has 0 aromatic heterocycles. The van der Waals surface area contributed by atoms with E-state index >= 15 is 0 Å². The second kappa shape index (κ2) is 6.87. The van der Waals surface area contributed by atoms with Crippen LogP contribution in [-0.2, 0) is 10.0 Å². The molecule has 1 atom stereocenters. The fourth-order valence-corrected chi connectivity index (χ4v) is 4.06. The van der Waals surface area contributed by atoms with Crippen LogP contribution in [0, 0.1) is 0 Å². The van der Waals surface area contributed by atoms with Gasteiger partial charge >= 0.3 is 0 Å². The molecule has 0 radical (unpaired) electrons. The molecule has 0 aliphatic heterocycles. The van der Waals surface area contributed by atoms with Crippen LogP contribution in [0.2, 0.25) is 10.0 Å². The predicted molar refractivity (Wildman–Crippen MR) is 88.2 cm³/mol. The van der Waals surface area contributed by atoms with Crippen molar-refractivity contribution >= 4 is 33.2 Å². The van der Waals surface area contributed by atoms with Crippen molar-refractivity contribution in [2.24, 2.45) is 0 Å². The number of methoxy groups -OCH3 is 1. The average molecular weight is 360 g/mol. The van der Waals surface area contributed by atoms with Crippen LogP contribution in [-0.4, -0.2) is 15.5 Å². The summed E-state index contributed by atoms with van der Waals surface area (Å²) in [6.07, 6.45) is 0. The molecule has 0 saturated carbocycles. The van der Waals surface area contributed by atoms with Gasteiger partial charge in [0.25, 0.3) is 0 Å².